The van der Waals surface area contributed by atoms with Gasteiger partial charge in [-0.05, 0) is 19.1 Å². The Bertz CT molecular complexity index is 221. The number of hydrogen-bond donors (Lipinski definition) is 1. The van der Waals surface area contributed by atoms with Crippen molar-refractivity contribution in [2.24, 2.45) is 0 Å². The van der Waals surface area contributed by atoms with Gasteiger partial charge in [0.2, 0.25) is 0 Å². The first-order valence-electron chi connectivity index (χ1n) is 4.10. The Morgan fingerprint density at radius 3 is 2.25 bits per heavy atom. The first-order valence-corrected chi connectivity index (χ1v) is 4.98. The van der Waals surface area contributed by atoms with Gasteiger partial charge in [0.05, 0.1) is 6.10 Å². The van der Waals surface area contributed by atoms with Crippen molar-refractivity contribution in [2.45, 2.75) is 30.1 Å². The van der Waals surface area contributed by atoms with Gasteiger partial charge in [-0.1, -0.05) is 25.1 Å². The average molecular weight is 182 g/mol. The predicted octanol–water partition coefficient (Wildman–Crippen LogP) is 2.55. The van der Waals surface area contributed by atoms with E-state index in [2.05, 4.69) is 12.1 Å². The third kappa shape index (κ3) is 2.88. The monoisotopic (exact) mass is 182 g/mol. The zero-order valence-electron chi connectivity index (χ0n) is 7.40. The fraction of sp³-hybridized carbons (Fsp3) is 0.400. The van der Waals surface area contributed by atoms with Crippen LogP contribution in [0.15, 0.2) is 35.2 Å². The normalized spacial score (nSPS) is 15.6. The lowest BCUT2D eigenvalue weighted by atomic mass is 10.3. The van der Waals surface area contributed by atoms with Gasteiger partial charge in [0.25, 0.3) is 0 Å². The van der Waals surface area contributed by atoms with E-state index in [-0.39, 0.29) is 11.4 Å². The molecule has 66 valence electrons. The molecule has 0 fully saturated rings. The Balaban J connectivity index is 2.53. The fourth-order valence-corrected chi connectivity index (χ4v) is 1.75. The van der Waals surface area contributed by atoms with E-state index in [4.69, 9.17) is 0 Å². The second-order valence-corrected chi connectivity index (χ2v) is 4.33. The molecule has 0 unspecified atom stereocenters. The summed E-state index contributed by atoms with van der Waals surface area (Å²) in [6.07, 6.45) is -0.254. The number of thioether (sulfide) groups is 1. The molecular weight excluding hydrogens is 168 g/mol. The zero-order valence-corrected chi connectivity index (χ0v) is 8.21. The molecule has 1 rings (SSSR count). The molecule has 1 aromatic rings. The molecule has 1 N–H and O–H groups in total. The molecule has 0 saturated carbocycles. The Labute approximate surface area is 77.8 Å². The highest BCUT2D eigenvalue weighted by atomic mass is 32.2. The topological polar surface area (TPSA) is 20.2 Å². The van der Waals surface area contributed by atoms with Gasteiger partial charge >= 0.3 is 0 Å². The molecule has 0 bridgehead atoms. The summed E-state index contributed by atoms with van der Waals surface area (Å²) >= 11 is 1.70. The summed E-state index contributed by atoms with van der Waals surface area (Å²) in [4.78, 5) is 1.21. The molecule has 0 saturated heterocycles. The molecular formula is C10H14OS. The Morgan fingerprint density at radius 2 is 1.75 bits per heavy atom. The molecule has 0 heterocycles. The largest absolute Gasteiger partial charge is 0.392 e. The molecule has 0 spiro atoms. The number of aliphatic hydroxyl groups is 1. The van der Waals surface area contributed by atoms with Crippen LogP contribution >= 0.6 is 11.8 Å². The molecule has 2 atom stereocenters. The van der Waals surface area contributed by atoms with E-state index < -0.39 is 0 Å². The quantitative estimate of drug-likeness (QED) is 0.725. The van der Waals surface area contributed by atoms with Gasteiger partial charge < -0.3 is 5.11 Å². The van der Waals surface area contributed by atoms with Gasteiger partial charge in [-0.3, -0.25) is 0 Å². The predicted molar refractivity (Wildman–Crippen MR) is 53.4 cm³/mol. The molecule has 0 amide bonds. The lowest BCUT2D eigenvalue weighted by Gasteiger charge is -2.13. The molecule has 0 aromatic heterocycles. The Morgan fingerprint density at radius 1 is 1.17 bits per heavy atom. The first kappa shape index (κ1) is 9.62. The number of rotatable bonds is 3. The van der Waals surface area contributed by atoms with Crippen LogP contribution in [0.25, 0.3) is 0 Å². The molecule has 0 aliphatic carbocycles. The van der Waals surface area contributed by atoms with Gasteiger partial charge in [-0.15, -0.1) is 11.8 Å². The summed E-state index contributed by atoms with van der Waals surface area (Å²) < 4.78 is 0. The van der Waals surface area contributed by atoms with Crippen LogP contribution in [0.3, 0.4) is 0 Å². The summed E-state index contributed by atoms with van der Waals surface area (Å²) in [5.41, 5.74) is 0. The third-order valence-corrected chi connectivity index (χ3v) is 3.05. The van der Waals surface area contributed by atoms with Crippen molar-refractivity contribution in [3.8, 4) is 0 Å². The summed E-state index contributed by atoms with van der Waals surface area (Å²) in [5, 5.41) is 9.52. The van der Waals surface area contributed by atoms with Crippen molar-refractivity contribution in [3.63, 3.8) is 0 Å². The van der Waals surface area contributed by atoms with Crippen LogP contribution in [-0.4, -0.2) is 16.5 Å². The smallest absolute Gasteiger partial charge is 0.0631 e. The minimum absolute atomic E-state index is 0.254. The minimum Gasteiger partial charge on any atom is -0.392 e. The van der Waals surface area contributed by atoms with Crippen molar-refractivity contribution < 1.29 is 5.11 Å². The summed E-state index contributed by atoms with van der Waals surface area (Å²) in [6, 6.07) is 10.1. The standard InChI is InChI=1S/C10H14OS/c1-8(11)9(2)12-10-6-4-3-5-7-10/h3-9,11H,1-2H3/t8-,9-/m0/s1. The number of aliphatic hydroxyl groups excluding tert-OH is 1. The fourth-order valence-electron chi connectivity index (χ4n) is 0.812. The van der Waals surface area contributed by atoms with Crippen molar-refractivity contribution in [1.82, 2.24) is 0 Å². The molecule has 1 nitrogen and oxygen atoms in total. The van der Waals surface area contributed by atoms with Crippen LogP contribution in [-0.2, 0) is 0 Å². The molecule has 12 heavy (non-hydrogen) atoms. The highest BCUT2D eigenvalue weighted by molar-refractivity contribution is 8.00. The summed E-state index contributed by atoms with van der Waals surface area (Å²) in [5.74, 6) is 0. The van der Waals surface area contributed by atoms with Crippen molar-refractivity contribution in [3.05, 3.63) is 30.3 Å². The lowest BCUT2D eigenvalue weighted by Crippen LogP contribution is -2.14. The Kier molecular flexibility index (Phi) is 3.63. The van der Waals surface area contributed by atoms with Crippen LogP contribution in [0.5, 0.6) is 0 Å². The van der Waals surface area contributed by atoms with Crippen LogP contribution in [0.4, 0.5) is 0 Å². The molecule has 2 heteroatoms. The SMILES string of the molecule is C[C@H](O)[C@H](C)Sc1ccccc1. The van der Waals surface area contributed by atoms with Gasteiger partial charge in [-0.25, -0.2) is 0 Å². The van der Waals surface area contributed by atoms with Crippen molar-refractivity contribution in [1.29, 1.82) is 0 Å². The van der Waals surface area contributed by atoms with Crippen LogP contribution < -0.4 is 0 Å². The van der Waals surface area contributed by atoms with Crippen molar-refractivity contribution in [2.75, 3.05) is 0 Å². The highest BCUT2D eigenvalue weighted by Crippen LogP contribution is 2.24. The van der Waals surface area contributed by atoms with Gasteiger partial charge in [-0.2, -0.15) is 0 Å². The van der Waals surface area contributed by atoms with E-state index >= 15 is 0 Å². The van der Waals surface area contributed by atoms with Crippen LogP contribution in [0, 0.1) is 0 Å². The maximum atomic E-state index is 9.26. The van der Waals surface area contributed by atoms with E-state index in [0.29, 0.717) is 0 Å². The van der Waals surface area contributed by atoms with Crippen molar-refractivity contribution >= 4 is 11.8 Å². The van der Waals surface area contributed by atoms with Crippen LogP contribution in [0.2, 0.25) is 0 Å². The van der Waals surface area contributed by atoms with Gasteiger partial charge in [0, 0.05) is 10.1 Å². The maximum Gasteiger partial charge on any atom is 0.0631 e. The average Bonchev–Trinajstić information content (AvgIpc) is 2.06. The maximum absolute atomic E-state index is 9.26. The number of benzene rings is 1. The second-order valence-electron chi connectivity index (χ2n) is 2.88. The number of hydrogen-bond acceptors (Lipinski definition) is 2. The molecule has 0 aliphatic rings. The Hall–Kier alpha value is -0.470. The summed E-state index contributed by atoms with van der Waals surface area (Å²) in [6.45, 7) is 3.85. The van der Waals surface area contributed by atoms with Gasteiger partial charge in [0.1, 0.15) is 0 Å². The molecule has 0 radical (unpaired) electrons. The zero-order chi connectivity index (χ0) is 8.97. The lowest BCUT2D eigenvalue weighted by molar-refractivity contribution is 0.196. The minimum atomic E-state index is -0.254. The highest BCUT2D eigenvalue weighted by Gasteiger charge is 2.09. The van der Waals surface area contributed by atoms with Gasteiger partial charge in [0.15, 0.2) is 0 Å². The first-order chi connectivity index (χ1) is 5.70. The van der Waals surface area contributed by atoms with E-state index in [1.54, 1.807) is 11.8 Å². The van der Waals surface area contributed by atoms with Crippen LogP contribution in [0.1, 0.15) is 13.8 Å². The summed E-state index contributed by atoms with van der Waals surface area (Å²) in [7, 11) is 0. The van der Waals surface area contributed by atoms with E-state index in [1.165, 1.54) is 4.90 Å². The van der Waals surface area contributed by atoms with E-state index in [9.17, 15) is 5.11 Å². The molecule has 1 aromatic carbocycles. The molecule has 0 aliphatic heterocycles. The second kappa shape index (κ2) is 4.53. The van der Waals surface area contributed by atoms with E-state index in [0.717, 1.165) is 0 Å². The van der Waals surface area contributed by atoms with E-state index in [1.807, 2.05) is 32.0 Å². The third-order valence-electron chi connectivity index (χ3n) is 1.74.